The Hall–Kier alpha value is -2.73. The van der Waals surface area contributed by atoms with E-state index < -0.39 is 11.9 Å². The van der Waals surface area contributed by atoms with E-state index in [9.17, 15) is 9.59 Å². The maximum Gasteiger partial charge on any atom is 0.308 e. The third-order valence-electron chi connectivity index (χ3n) is 3.32. The van der Waals surface area contributed by atoms with Gasteiger partial charge in [-0.1, -0.05) is 18.2 Å². The molecule has 122 valence electrons. The van der Waals surface area contributed by atoms with Gasteiger partial charge >= 0.3 is 11.9 Å². The van der Waals surface area contributed by atoms with Crippen LogP contribution in [0.15, 0.2) is 36.4 Å². The van der Waals surface area contributed by atoms with Crippen LogP contribution in [0.2, 0.25) is 0 Å². The fraction of sp³-hybridized carbons (Fsp3) is 0.167. The zero-order chi connectivity index (χ0) is 17.3. The highest BCUT2D eigenvalue weighted by molar-refractivity contribution is 7.21. The smallest absolute Gasteiger partial charge is 0.308 e. The lowest BCUT2D eigenvalue weighted by Crippen LogP contribution is -2.07. The molecule has 0 aliphatic heterocycles. The molecular weight excluding hydrogens is 326 g/mol. The molecule has 0 saturated heterocycles. The fourth-order valence-electron chi connectivity index (χ4n) is 2.37. The Kier molecular flexibility index (Phi) is 4.31. The first-order valence-corrected chi connectivity index (χ1v) is 8.13. The largest absolute Gasteiger partial charge is 0.426 e. The van der Waals surface area contributed by atoms with Gasteiger partial charge in [0, 0.05) is 13.8 Å². The first-order chi connectivity index (χ1) is 11.5. The number of aryl methyl sites for hydroxylation is 1. The van der Waals surface area contributed by atoms with E-state index in [0.717, 1.165) is 15.8 Å². The van der Waals surface area contributed by atoms with Crippen LogP contribution >= 0.6 is 11.3 Å². The molecule has 24 heavy (non-hydrogen) atoms. The Bertz CT molecular complexity index is 912. The summed E-state index contributed by atoms with van der Waals surface area (Å²) in [6, 6.07) is 11.1. The number of benzene rings is 2. The lowest BCUT2D eigenvalue weighted by atomic mass is 10.1. The molecule has 2 aromatic carbocycles. The number of fused-ring (bicyclic) bond motifs is 1. The first-order valence-electron chi connectivity index (χ1n) is 7.32. The Morgan fingerprint density at radius 1 is 1.00 bits per heavy atom. The Labute approximate surface area is 142 Å². The zero-order valence-corrected chi connectivity index (χ0v) is 14.3. The molecule has 0 spiro atoms. The lowest BCUT2D eigenvalue weighted by Gasteiger charge is -2.14. The normalized spacial score (nSPS) is 10.6. The molecule has 0 radical (unpaired) electrons. The van der Waals surface area contributed by atoms with E-state index in [1.165, 1.54) is 25.2 Å². The number of carbonyl (C=O) groups is 2. The minimum absolute atomic E-state index is 0.323. The average molecular weight is 341 g/mol. The highest BCUT2D eigenvalue weighted by atomic mass is 32.1. The van der Waals surface area contributed by atoms with Crippen molar-refractivity contribution in [2.75, 3.05) is 0 Å². The van der Waals surface area contributed by atoms with Crippen LogP contribution in [0.1, 0.15) is 19.4 Å². The number of aromatic nitrogens is 1. The van der Waals surface area contributed by atoms with Crippen molar-refractivity contribution in [2.45, 2.75) is 20.8 Å². The Morgan fingerprint density at radius 3 is 2.38 bits per heavy atom. The first kappa shape index (κ1) is 16.1. The predicted molar refractivity (Wildman–Crippen MR) is 92.4 cm³/mol. The summed E-state index contributed by atoms with van der Waals surface area (Å²) in [6.45, 7) is 4.49. The van der Waals surface area contributed by atoms with Crippen molar-refractivity contribution in [3.05, 3.63) is 42.0 Å². The highest BCUT2D eigenvalue weighted by Gasteiger charge is 2.21. The van der Waals surface area contributed by atoms with Crippen molar-refractivity contribution in [1.29, 1.82) is 0 Å². The van der Waals surface area contributed by atoms with Gasteiger partial charge in [-0.3, -0.25) is 9.59 Å². The number of thiazole rings is 1. The number of carbonyl (C=O) groups excluding carboxylic acids is 2. The van der Waals surface area contributed by atoms with Crippen molar-refractivity contribution in [3.8, 4) is 22.1 Å². The van der Waals surface area contributed by atoms with Crippen LogP contribution in [0.4, 0.5) is 0 Å². The van der Waals surface area contributed by atoms with E-state index >= 15 is 0 Å². The molecule has 3 rings (SSSR count). The van der Waals surface area contributed by atoms with E-state index in [1.54, 1.807) is 12.1 Å². The molecule has 0 N–H and O–H groups in total. The second-order valence-electron chi connectivity index (χ2n) is 5.26. The summed E-state index contributed by atoms with van der Waals surface area (Å²) in [7, 11) is 0. The third kappa shape index (κ3) is 3.14. The number of hydrogen-bond acceptors (Lipinski definition) is 6. The summed E-state index contributed by atoms with van der Waals surface area (Å²) >= 11 is 1.45. The summed E-state index contributed by atoms with van der Waals surface area (Å²) in [6.07, 6.45) is 0. The summed E-state index contributed by atoms with van der Waals surface area (Å²) in [4.78, 5) is 27.5. The second-order valence-corrected chi connectivity index (χ2v) is 6.29. The van der Waals surface area contributed by atoms with Crippen LogP contribution in [0.5, 0.6) is 11.5 Å². The molecule has 0 aliphatic rings. The zero-order valence-electron chi connectivity index (χ0n) is 13.5. The molecule has 1 heterocycles. The monoisotopic (exact) mass is 341 g/mol. The van der Waals surface area contributed by atoms with Crippen molar-refractivity contribution in [1.82, 2.24) is 4.98 Å². The molecule has 3 aromatic rings. The van der Waals surface area contributed by atoms with E-state index in [1.807, 2.05) is 31.2 Å². The minimum Gasteiger partial charge on any atom is -0.426 e. The molecule has 0 amide bonds. The molecule has 0 unspecified atom stereocenters. The van der Waals surface area contributed by atoms with Gasteiger partial charge < -0.3 is 9.47 Å². The topological polar surface area (TPSA) is 65.5 Å². The molecular formula is C18H15NO4S. The lowest BCUT2D eigenvalue weighted by molar-refractivity contribution is -0.132. The van der Waals surface area contributed by atoms with Crippen molar-refractivity contribution in [2.24, 2.45) is 0 Å². The van der Waals surface area contributed by atoms with Crippen LogP contribution in [0.3, 0.4) is 0 Å². The number of hydrogen-bond donors (Lipinski definition) is 0. The van der Waals surface area contributed by atoms with Gasteiger partial charge in [-0.15, -0.1) is 11.3 Å². The molecule has 1 aromatic heterocycles. The SMILES string of the molecule is CC(=O)Oc1ccc(C)c(OC(C)=O)c1-c1nc2ccccc2s1. The van der Waals surface area contributed by atoms with Crippen molar-refractivity contribution < 1.29 is 19.1 Å². The number of para-hydroxylation sites is 1. The predicted octanol–water partition coefficient (Wildman–Crippen LogP) is 4.12. The molecule has 0 aliphatic carbocycles. The van der Waals surface area contributed by atoms with Crippen LogP contribution in [-0.2, 0) is 9.59 Å². The van der Waals surface area contributed by atoms with Crippen LogP contribution in [0, 0.1) is 6.92 Å². The average Bonchev–Trinajstić information content (AvgIpc) is 2.93. The minimum atomic E-state index is -0.449. The second kappa shape index (κ2) is 6.41. The van der Waals surface area contributed by atoms with Crippen molar-refractivity contribution >= 4 is 33.5 Å². The van der Waals surface area contributed by atoms with Gasteiger partial charge in [0.25, 0.3) is 0 Å². The Morgan fingerprint density at radius 2 is 1.71 bits per heavy atom. The number of esters is 2. The molecule has 0 atom stereocenters. The third-order valence-corrected chi connectivity index (χ3v) is 4.38. The van der Waals surface area contributed by atoms with Crippen LogP contribution in [-0.4, -0.2) is 16.9 Å². The molecule has 0 saturated carbocycles. The maximum absolute atomic E-state index is 11.5. The standard InChI is InChI=1S/C18H15NO4S/c1-10-8-9-14(22-11(2)20)16(17(10)23-12(3)21)18-19-13-6-4-5-7-15(13)24-18/h4-9H,1-3H3. The van der Waals surface area contributed by atoms with Gasteiger partial charge in [0.05, 0.1) is 15.8 Å². The number of rotatable bonds is 3. The van der Waals surface area contributed by atoms with E-state index in [4.69, 9.17) is 9.47 Å². The quantitative estimate of drug-likeness (QED) is 0.529. The number of nitrogens with zero attached hydrogens (tertiary/aromatic N) is 1. The molecule has 6 heteroatoms. The van der Waals surface area contributed by atoms with Gasteiger partial charge in [0.2, 0.25) is 0 Å². The number of ether oxygens (including phenoxy) is 2. The Balaban J connectivity index is 2.26. The van der Waals surface area contributed by atoms with Crippen LogP contribution in [0.25, 0.3) is 20.8 Å². The molecule has 0 fully saturated rings. The molecule has 5 nitrogen and oxygen atoms in total. The van der Waals surface area contributed by atoms with Gasteiger partial charge in [-0.25, -0.2) is 4.98 Å². The summed E-state index contributed by atoms with van der Waals surface area (Å²) in [5.41, 5.74) is 2.11. The van der Waals surface area contributed by atoms with E-state index in [-0.39, 0.29) is 0 Å². The van der Waals surface area contributed by atoms with Gasteiger partial charge in [-0.05, 0) is 30.7 Å². The summed E-state index contributed by atoms with van der Waals surface area (Å²) < 4.78 is 11.7. The van der Waals surface area contributed by atoms with Gasteiger partial charge in [0.15, 0.2) is 0 Å². The molecule has 0 bridgehead atoms. The highest BCUT2D eigenvalue weighted by Crippen LogP contribution is 2.43. The van der Waals surface area contributed by atoms with Gasteiger partial charge in [-0.2, -0.15) is 0 Å². The maximum atomic E-state index is 11.5. The van der Waals surface area contributed by atoms with Crippen LogP contribution < -0.4 is 9.47 Å². The summed E-state index contributed by atoms with van der Waals surface area (Å²) in [5.74, 6) is -0.209. The summed E-state index contributed by atoms with van der Waals surface area (Å²) in [5, 5.41) is 0.632. The van der Waals surface area contributed by atoms with Gasteiger partial charge in [0.1, 0.15) is 16.5 Å². The fourth-order valence-corrected chi connectivity index (χ4v) is 3.38. The van der Waals surface area contributed by atoms with E-state index in [2.05, 4.69) is 4.98 Å². The van der Waals surface area contributed by atoms with E-state index in [0.29, 0.717) is 22.1 Å². The van der Waals surface area contributed by atoms with Crippen molar-refractivity contribution in [3.63, 3.8) is 0 Å².